The van der Waals surface area contributed by atoms with Crippen molar-refractivity contribution in [1.29, 1.82) is 0 Å². The van der Waals surface area contributed by atoms with Gasteiger partial charge in [-0.2, -0.15) is 9.97 Å². The van der Waals surface area contributed by atoms with Gasteiger partial charge in [0.1, 0.15) is 23.0 Å². The van der Waals surface area contributed by atoms with Crippen LogP contribution < -0.4 is 9.64 Å². The Morgan fingerprint density at radius 3 is 2.69 bits per heavy atom. The number of hydrogen-bond donors (Lipinski definition) is 2. The Bertz CT molecular complexity index is 1640. The second kappa shape index (κ2) is 11.5. The maximum atomic E-state index is 15.2. The summed E-state index contributed by atoms with van der Waals surface area (Å²) < 4.78 is 26.5. The number of hydrogen-bond acceptors (Lipinski definition) is 8. The molecule has 1 aliphatic heterocycles. The van der Waals surface area contributed by atoms with Gasteiger partial charge in [-0.25, -0.2) is 4.39 Å². The average Bonchev–Trinajstić information content (AvgIpc) is 3.12. The summed E-state index contributed by atoms with van der Waals surface area (Å²) in [5.41, 5.74) is 4.70. The van der Waals surface area contributed by atoms with E-state index in [1.54, 1.807) is 25.1 Å². The predicted molar refractivity (Wildman–Crippen MR) is 166 cm³/mol. The highest BCUT2D eigenvalue weighted by Crippen LogP contribution is 2.47. The van der Waals surface area contributed by atoms with Crippen molar-refractivity contribution in [3.63, 3.8) is 0 Å². The third-order valence-corrected chi connectivity index (χ3v) is 7.74. The first-order valence-corrected chi connectivity index (χ1v) is 14.4. The van der Waals surface area contributed by atoms with Crippen LogP contribution in [0, 0.1) is 5.82 Å². The van der Waals surface area contributed by atoms with Gasteiger partial charge in [0.15, 0.2) is 0 Å². The molecule has 5 rings (SSSR count). The number of aromatic nitrogens is 2. The van der Waals surface area contributed by atoms with Gasteiger partial charge in [0, 0.05) is 23.7 Å². The molecule has 3 aromatic rings. The van der Waals surface area contributed by atoms with Gasteiger partial charge < -0.3 is 24.6 Å². The molecular formula is C33H39FN4O4. The van der Waals surface area contributed by atoms with Crippen LogP contribution in [0.4, 0.5) is 10.2 Å². The molecule has 42 heavy (non-hydrogen) atoms. The van der Waals surface area contributed by atoms with E-state index in [9.17, 15) is 10.2 Å². The molecule has 1 aliphatic carbocycles. The number of phenolic OH excluding ortho intramolecular Hbond substituents is 1. The van der Waals surface area contributed by atoms with Crippen molar-refractivity contribution in [3.8, 4) is 11.8 Å². The van der Waals surface area contributed by atoms with Crippen molar-refractivity contribution in [2.24, 2.45) is 4.99 Å². The molecule has 0 saturated carbocycles. The summed E-state index contributed by atoms with van der Waals surface area (Å²) in [7, 11) is 1.53. The van der Waals surface area contributed by atoms with E-state index in [0.29, 0.717) is 54.5 Å². The zero-order valence-electron chi connectivity index (χ0n) is 25.4. The second-order valence-corrected chi connectivity index (χ2v) is 11.5. The van der Waals surface area contributed by atoms with Crippen LogP contribution in [0.3, 0.4) is 0 Å². The molecule has 1 fully saturated rings. The average molecular weight is 575 g/mol. The highest BCUT2D eigenvalue weighted by Gasteiger charge is 2.36. The Balaban J connectivity index is 1.91. The lowest BCUT2D eigenvalue weighted by atomic mass is 9.78. The van der Waals surface area contributed by atoms with Crippen LogP contribution >= 0.6 is 0 Å². The maximum Gasteiger partial charge on any atom is 0.318 e. The maximum absolute atomic E-state index is 15.2. The molecule has 1 unspecified atom stereocenters. The molecule has 2 heterocycles. The predicted octanol–water partition coefficient (Wildman–Crippen LogP) is 5.83. The van der Waals surface area contributed by atoms with E-state index >= 15 is 4.39 Å². The first kappa shape index (κ1) is 29.7. The van der Waals surface area contributed by atoms with Crippen LogP contribution in [0.2, 0.25) is 0 Å². The number of halogens is 1. The number of fused-ring (bicyclic) bond motifs is 2. The fourth-order valence-electron chi connectivity index (χ4n) is 6.05. The van der Waals surface area contributed by atoms with E-state index < -0.39 is 5.60 Å². The van der Waals surface area contributed by atoms with Gasteiger partial charge in [0.25, 0.3) is 0 Å². The Labute approximate surface area is 246 Å². The van der Waals surface area contributed by atoms with E-state index in [-0.39, 0.29) is 30.2 Å². The van der Waals surface area contributed by atoms with Crippen LogP contribution in [-0.4, -0.2) is 70.9 Å². The number of allylic oxidation sites excluding steroid dienone is 4. The number of phenols is 1. The van der Waals surface area contributed by atoms with Gasteiger partial charge in [0.05, 0.1) is 43.8 Å². The number of aryl methyl sites for hydroxylation is 1. The summed E-state index contributed by atoms with van der Waals surface area (Å²) in [5, 5.41) is 23.4. The van der Waals surface area contributed by atoms with Gasteiger partial charge >= 0.3 is 6.01 Å². The van der Waals surface area contributed by atoms with Gasteiger partial charge in [-0.3, -0.25) is 4.99 Å². The molecule has 0 spiro atoms. The normalized spacial score (nSPS) is 21.4. The van der Waals surface area contributed by atoms with Crippen LogP contribution in [0.15, 0.2) is 35.3 Å². The third-order valence-electron chi connectivity index (χ3n) is 7.74. The summed E-state index contributed by atoms with van der Waals surface area (Å²) in [6.07, 6.45) is 2.47. The van der Waals surface area contributed by atoms with Crippen molar-refractivity contribution in [2.45, 2.75) is 59.6 Å². The Morgan fingerprint density at radius 1 is 1.26 bits per heavy atom. The zero-order valence-corrected chi connectivity index (χ0v) is 25.4. The van der Waals surface area contributed by atoms with Crippen molar-refractivity contribution >= 4 is 39.0 Å². The number of benzene rings is 2. The van der Waals surface area contributed by atoms with Crippen molar-refractivity contribution in [2.75, 3.05) is 38.3 Å². The van der Waals surface area contributed by atoms with E-state index in [1.807, 2.05) is 45.6 Å². The third kappa shape index (κ3) is 5.27. The highest BCUT2D eigenvalue weighted by molar-refractivity contribution is 6.51. The van der Waals surface area contributed by atoms with Gasteiger partial charge in [-0.1, -0.05) is 19.1 Å². The van der Waals surface area contributed by atoms with E-state index in [1.165, 1.54) is 13.2 Å². The molecule has 1 aromatic heterocycles. The molecule has 2 aliphatic rings. The van der Waals surface area contributed by atoms with E-state index in [0.717, 1.165) is 33.1 Å². The fourth-order valence-corrected chi connectivity index (χ4v) is 6.05. The number of aliphatic imine (C=N–C) groups is 1. The molecule has 2 aromatic carbocycles. The first-order chi connectivity index (χ1) is 20.0. The number of ether oxygens (including phenoxy) is 2. The number of rotatable bonds is 5. The minimum absolute atomic E-state index is 0.0693. The van der Waals surface area contributed by atoms with Gasteiger partial charge in [-0.05, 0) is 86.7 Å². The summed E-state index contributed by atoms with van der Waals surface area (Å²) in [6.45, 7) is 13.1. The Morgan fingerprint density at radius 2 is 2.02 bits per heavy atom. The molecular weight excluding hydrogens is 535 g/mol. The highest BCUT2D eigenvalue weighted by atomic mass is 19.1. The SMILES string of the molecule is C/C=C1\C(=NC(C)C)C(c2cc(O)cc3ccc(F)c(CC)c23)=C(C)c2nc(OC)nc(N3CCOCC(C)(O)C3)c21. The lowest BCUT2D eigenvalue weighted by molar-refractivity contribution is -0.0123. The largest absolute Gasteiger partial charge is 0.508 e. The minimum atomic E-state index is -1.08. The number of aliphatic hydroxyl groups is 1. The molecule has 9 heteroatoms. The van der Waals surface area contributed by atoms with Crippen molar-refractivity contribution in [3.05, 3.63) is 58.5 Å². The number of nitrogens with zero attached hydrogens (tertiary/aromatic N) is 4. The van der Waals surface area contributed by atoms with Crippen LogP contribution in [-0.2, 0) is 11.2 Å². The molecule has 0 radical (unpaired) electrons. The number of methoxy groups -OCH3 is 1. The molecule has 0 bridgehead atoms. The molecule has 1 saturated heterocycles. The topological polar surface area (TPSA) is 100 Å². The number of anilines is 1. The van der Waals surface area contributed by atoms with E-state index in [4.69, 9.17) is 24.4 Å². The lowest BCUT2D eigenvalue weighted by Crippen LogP contribution is -2.42. The summed E-state index contributed by atoms with van der Waals surface area (Å²) in [6, 6.07) is 6.62. The second-order valence-electron chi connectivity index (χ2n) is 11.5. The Hall–Kier alpha value is -3.82. The lowest BCUT2D eigenvalue weighted by Gasteiger charge is -2.33. The van der Waals surface area contributed by atoms with Crippen LogP contribution in [0.25, 0.3) is 27.5 Å². The molecule has 1 atom stereocenters. The smallest absolute Gasteiger partial charge is 0.318 e. The quantitative estimate of drug-likeness (QED) is 0.396. The minimum Gasteiger partial charge on any atom is -0.508 e. The van der Waals surface area contributed by atoms with Gasteiger partial charge in [0.2, 0.25) is 0 Å². The standard InChI is InChI=1S/C33H39FN4O4/c1-8-22-25(34)11-10-20-14-21(39)15-24(27(20)22)26-19(5)29-28(23(9-2)30(26)35-18(3)4)31(37-32(36-29)41-7)38-12-13-42-17-33(6,40)16-38/h9-11,14-15,18,39-40H,8,12-13,16-17H2,1-7H3/b23-9-,35-30?. The zero-order chi connectivity index (χ0) is 30.3. The first-order valence-electron chi connectivity index (χ1n) is 14.4. The monoisotopic (exact) mass is 574 g/mol. The van der Waals surface area contributed by atoms with Crippen molar-refractivity contribution < 1.29 is 24.1 Å². The fraction of sp³-hybridized carbons (Fsp3) is 0.424. The van der Waals surface area contributed by atoms with Crippen molar-refractivity contribution in [1.82, 2.24) is 9.97 Å². The number of β-amino-alcohol motifs (C(OH)–C–C–N with tert-alkyl or cyclic N) is 1. The van der Waals surface area contributed by atoms with Crippen LogP contribution in [0.5, 0.6) is 11.8 Å². The summed E-state index contributed by atoms with van der Waals surface area (Å²) >= 11 is 0. The summed E-state index contributed by atoms with van der Waals surface area (Å²) in [4.78, 5) is 16.8. The summed E-state index contributed by atoms with van der Waals surface area (Å²) in [5.74, 6) is 0.407. The molecule has 222 valence electrons. The molecule has 2 N–H and O–H groups in total. The van der Waals surface area contributed by atoms with Gasteiger partial charge in [-0.15, -0.1) is 0 Å². The Kier molecular flexibility index (Phi) is 8.09. The number of aromatic hydroxyl groups is 1. The van der Waals surface area contributed by atoms with E-state index in [2.05, 4.69) is 0 Å². The van der Waals surface area contributed by atoms with Crippen LogP contribution in [0.1, 0.15) is 63.9 Å². The molecule has 8 nitrogen and oxygen atoms in total. The molecule has 0 amide bonds.